The maximum absolute atomic E-state index is 5.49. The minimum Gasteiger partial charge on any atom is -0.404 e. The molecule has 1 rings (SSSR count). The maximum Gasteiger partial charge on any atom is 0.0301 e. The van der Waals surface area contributed by atoms with E-state index in [4.69, 9.17) is 5.73 Å². The molecule has 0 aliphatic heterocycles. The first-order valence-electron chi connectivity index (χ1n) is 4.19. The topological polar surface area (TPSA) is 38.4 Å². The molecule has 1 aromatic carbocycles. The normalized spacial score (nSPS) is 12.3. The van der Waals surface area contributed by atoms with Crippen LogP contribution in [0, 0.1) is 6.92 Å². The minimum absolute atomic E-state index is 0.950. The fraction of sp³-hybridized carbons (Fsp3) is 0.182. The first-order valence-corrected chi connectivity index (χ1v) is 4.19. The molecule has 0 amide bonds. The molecule has 0 saturated heterocycles. The van der Waals surface area contributed by atoms with Gasteiger partial charge < -0.3 is 5.73 Å². The summed E-state index contributed by atoms with van der Waals surface area (Å²) in [5.41, 5.74) is 8.77. The van der Waals surface area contributed by atoms with E-state index in [9.17, 15) is 0 Å². The van der Waals surface area contributed by atoms with Crippen LogP contribution in [0.5, 0.6) is 0 Å². The van der Waals surface area contributed by atoms with Gasteiger partial charge >= 0.3 is 0 Å². The number of aryl methyl sites for hydroxylation is 1. The monoisotopic (exact) mass is 174 g/mol. The number of aliphatic imine (C=N–C) groups is 1. The van der Waals surface area contributed by atoms with Crippen LogP contribution in [0.4, 0.5) is 0 Å². The van der Waals surface area contributed by atoms with Crippen LogP contribution in [-0.4, -0.2) is 13.3 Å². The fourth-order valence-corrected chi connectivity index (χ4v) is 1.18. The summed E-state index contributed by atoms with van der Waals surface area (Å²) >= 11 is 0. The molecule has 0 saturated carbocycles. The quantitative estimate of drug-likeness (QED) is 0.684. The van der Waals surface area contributed by atoms with Gasteiger partial charge in [-0.2, -0.15) is 0 Å². The Balaban J connectivity index is 3.06. The SMILES string of the molecule is CN=C/C(=C\N)c1cccc(C)c1. The summed E-state index contributed by atoms with van der Waals surface area (Å²) in [5.74, 6) is 0. The number of nitrogens with zero attached hydrogens (tertiary/aromatic N) is 1. The molecule has 0 unspecified atom stereocenters. The van der Waals surface area contributed by atoms with Crippen LogP contribution >= 0.6 is 0 Å². The predicted octanol–water partition coefficient (Wildman–Crippen LogP) is 2.00. The zero-order chi connectivity index (χ0) is 9.68. The number of benzene rings is 1. The minimum atomic E-state index is 0.950. The summed E-state index contributed by atoms with van der Waals surface area (Å²) in [4.78, 5) is 3.94. The highest BCUT2D eigenvalue weighted by Crippen LogP contribution is 2.12. The molecule has 0 bridgehead atoms. The molecule has 1 aromatic rings. The summed E-state index contributed by atoms with van der Waals surface area (Å²) in [6, 6.07) is 8.17. The zero-order valence-electron chi connectivity index (χ0n) is 7.99. The van der Waals surface area contributed by atoms with Gasteiger partial charge in [0.25, 0.3) is 0 Å². The second-order valence-corrected chi connectivity index (χ2v) is 2.88. The van der Waals surface area contributed by atoms with E-state index >= 15 is 0 Å². The highest BCUT2D eigenvalue weighted by molar-refractivity contribution is 6.09. The standard InChI is InChI=1S/C11H14N2/c1-9-4-3-5-10(6-9)11(7-12)8-13-2/h3-8H,12H2,1-2H3/b11-7+,13-8?. The number of hydrogen-bond donors (Lipinski definition) is 1. The summed E-state index contributed by atoms with van der Waals surface area (Å²) in [5, 5.41) is 0. The molecule has 2 nitrogen and oxygen atoms in total. The number of hydrogen-bond acceptors (Lipinski definition) is 2. The van der Waals surface area contributed by atoms with E-state index in [1.54, 1.807) is 19.5 Å². The van der Waals surface area contributed by atoms with Gasteiger partial charge in [-0.05, 0) is 12.5 Å². The Morgan fingerprint density at radius 1 is 1.46 bits per heavy atom. The second-order valence-electron chi connectivity index (χ2n) is 2.88. The molecule has 0 heterocycles. The third-order valence-electron chi connectivity index (χ3n) is 1.80. The van der Waals surface area contributed by atoms with Crippen molar-refractivity contribution in [1.82, 2.24) is 0 Å². The largest absolute Gasteiger partial charge is 0.404 e. The van der Waals surface area contributed by atoms with Crippen molar-refractivity contribution in [1.29, 1.82) is 0 Å². The molecule has 2 heteroatoms. The molecular weight excluding hydrogens is 160 g/mol. The summed E-state index contributed by atoms with van der Waals surface area (Å²) in [6.07, 6.45) is 3.33. The van der Waals surface area contributed by atoms with E-state index in [2.05, 4.69) is 24.0 Å². The van der Waals surface area contributed by atoms with Gasteiger partial charge in [-0.3, -0.25) is 4.99 Å². The third kappa shape index (κ3) is 2.44. The lowest BCUT2D eigenvalue weighted by Crippen LogP contribution is -1.91. The van der Waals surface area contributed by atoms with Crippen molar-refractivity contribution in [3.05, 3.63) is 41.6 Å². The van der Waals surface area contributed by atoms with Crippen molar-refractivity contribution < 1.29 is 0 Å². The predicted molar refractivity (Wildman–Crippen MR) is 57.8 cm³/mol. The van der Waals surface area contributed by atoms with E-state index in [0.29, 0.717) is 0 Å². The van der Waals surface area contributed by atoms with E-state index < -0.39 is 0 Å². The Hall–Kier alpha value is -1.57. The summed E-state index contributed by atoms with van der Waals surface area (Å²) in [6.45, 7) is 2.06. The van der Waals surface area contributed by atoms with Crippen molar-refractivity contribution in [2.24, 2.45) is 10.7 Å². The molecule has 0 fully saturated rings. The molecule has 0 aromatic heterocycles. The molecule has 0 atom stereocenters. The lowest BCUT2D eigenvalue weighted by molar-refractivity contribution is 1.44. The van der Waals surface area contributed by atoms with Gasteiger partial charge in [0.05, 0.1) is 0 Å². The van der Waals surface area contributed by atoms with Crippen LogP contribution in [0.2, 0.25) is 0 Å². The molecular formula is C11H14N2. The Labute approximate surface area is 78.8 Å². The van der Waals surface area contributed by atoms with Crippen LogP contribution in [0.15, 0.2) is 35.5 Å². The maximum atomic E-state index is 5.49. The van der Waals surface area contributed by atoms with E-state index in [0.717, 1.165) is 11.1 Å². The molecule has 0 radical (unpaired) electrons. The zero-order valence-corrected chi connectivity index (χ0v) is 7.99. The number of allylic oxidation sites excluding steroid dienone is 1. The molecule has 68 valence electrons. The van der Waals surface area contributed by atoms with Crippen LogP contribution in [-0.2, 0) is 0 Å². The molecule has 13 heavy (non-hydrogen) atoms. The van der Waals surface area contributed by atoms with Crippen LogP contribution < -0.4 is 5.73 Å². The number of nitrogens with two attached hydrogens (primary N) is 1. The van der Waals surface area contributed by atoms with E-state index in [1.165, 1.54) is 5.56 Å². The van der Waals surface area contributed by atoms with Gasteiger partial charge in [-0.15, -0.1) is 0 Å². The van der Waals surface area contributed by atoms with Crippen molar-refractivity contribution >= 4 is 11.8 Å². The Morgan fingerprint density at radius 3 is 2.77 bits per heavy atom. The Bertz CT molecular complexity index is 338. The van der Waals surface area contributed by atoms with Crippen LogP contribution in [0.3, 0.4) is 0 Å². The number of rotatable bonds is 2. The molecule has 0 aliphatic rings. The lowest BCUT2D eigenvalue weighted by atomic mass is 10.1. The van der Waals surface area contributed by atoms with Crippen molar-refractivity contribution in [2.75, 3.05) is 7.05 Å². The first kappa shape index (κ1) is 9.52. The average Bonchev–Trinajstić information content (AvgIpc) is 2.14. The smallest absolute Gasteiger partial charge is 0.0301 e. The molecule has 0 aliphatic carbocycles. The van der Waals surface area contributed by atoms with Crippen molar-refractivity contribution in [3.63, 3.8) is 0 Å². The highest BCUT2D eigenvalue weighted by atomic mass is 14.6. The Kier molecular flexibility index (Phi) is 3.26. The van der Waals surface area contributed by atoms with Gasteiger partial charge in [0, 0.05) is 25.0 Å². The summed E-state index contributed by atoms with van der Waals surface area (Å²) in [7, 11) is 1.74. The van der Waals surface area contributed by atoms with Gasteiger partial charge in [-0.1, -0.05) is 29.8 Å². The molecule has 2 N–H and O–H groups in total. The van der Waals surface area contributed by atoms with Gasteiger partial charge in [-0.25, -0.2) is 0 Å². The first-order chi connectivity index (χ1) is 6.27. The van der Waals surface area contributed by atoms with Gasteiger partial charge in [0.15, 0.2) is 0 Å². The van der Waals surface area contributed by atoms with E-state index in [1.807, 2.05) is 12.1 Å². The lowest BCUT2D eigenvalue weighted by Gasteiger charge is -2.01. The second kappa shape index (κ2) is 4.45. The van der Waals surface area contributed by atoms with Crippen LogP contribution in [0.1, 0.15) is 11.1 Å². The summed E-state index contributed by atoms with van der Waals surface area (Å²) < 4.78 is 0. The fourth-order valence-electron chi connectivity index (χ4n) is 1.18. The van der Waals surface area contributed by atoms with Crippen LogP contribution in [0.25, 0.3) is 5.57 Å². The van der Waals surface area contributed by atoms with Gasteiger partial charge in [0.1, 0.15) is 0 Å². The Morgan fingerprint density at radius 2 is 2.23 bits per heavy atom. The molecule has 0 spiro atoms. The van der Waals surface area contributed by atoms with Gasteiger partial charge in [0.2, 0.25) is 0 Å². The van der Waals surface area contributed by atoms with E-state index in [-0.39, 0.29) is 0 Å². The third-order valence-corrected chi connectivity index (χ3v) is 1.80. The van der Waals surface area contributed by atoms with Crippen molar-refractivity contribution in [3.8, 4) is 0 Å². The van der Waals surface area contributed by atoms with Crippen molar-refractivity contribution in [2.45, 2.75) is 6.92 Å². The highest BCUT2D eigenvalue weighted by Gasteiger charge is 1.96. The average molecular weight is 174 g/mol.